The van der Waals surface area contributed by atoms with Crippen LogP contribution < -0.4 is 15.4 Å². The fraction of sp³-hybridized carbons (Fsp3) is 0.500. The van der Waals surface area contributed by atoms with E-state index in [1.807, 2.05) is 13.8 Å². The van der Waals surface area contributed by atoms with Gasteiger partial charge in [-0.2, -0.15) is 0 Å². The zero-order valence-electron chi connectivity index (χ0n) is 12.3. The molecule has 0 aliphatic heterocycles. The molecule has 0 saturated heterocycles. The first-order chi connectivity index (χ1) is 9.85. The number of ether oxygens (including phenoxy) is 1. The zero-order valence-corrected chi connectivity index (χ0v) is 12.3. The molecule has 0 fully saturated rings. The van der Waals surface area contributed by atoms with Crippen LogP contribution in [0.2, 0.25) is 0 Å². The largest absolute Gasteiger partial charge is 0.573 e. The molecule has 0 amide bonds. The fourth-order valence-corrected chi connectivity index (χ4v) is 1.58. The lowest BCUT2D eigenvalue weighted by molar-refractivity contribution is -0.274. The second kappa shape index (κ2) is 7.75. The molecule has 1 rings (SSSR count). The first-order valence-electron chi connectivity index (χ1n) is 6.66. The van der Waals surface area contributed by atoms with Crippen LogP contribution in [0.3, 0.4) is 0 Å². The maximum Gasteiger partial charge on any atom is 0.573 e. The molecule has 1 aromatic rings. The van der Waals surface area contributed by atoms with Gasteiger partial charge in [-0.05, 0) is 19.4 Å². The Morgan fingerprint density at radius 2 is 2.00 bits per heavy atom. The molecule has 1 atom stereocenters. The predicted molar refractivity (Wildman–Crippen MR) is 76.2 cm³/mol. The molecule has 0 aromatic heterocycles. The van der Waals surface area contributed by atoms with Crippen molar-refractivity contribution in [2.75, 3.05) is 7.05 Å². The van der Waals surface area contributed by atoms with E-state index in [2.05, 4.69) is 20.4 Å². The van der Waals surface area contributed by atoms with Crippen LogP contribution in [0.1, 0.15) is 25.8 Å². The van der Waals surface area contributed by atoms with Crippen molar-refractivity contribution in [2.45, 2.75) is 39.2 Å². The van der Waals surface area contributed by atoms with E-state index >= 15 is 0 Å². The van der Waals surface area contributed by atoms with Crippen LogP contribution in [0.5, 0.6) is 5.75 Å². The van der Waals surface area contributed by atoms with Crippen LogP contribution in [0.15, 0.2) is 29.3 Å². The number of halogens is 3. The standard InChI is InChI=1S/C14H20F3N3O/c1-4-10(2)20-13(18-3)19-9-11-7-5-6-8-12(11)21-14(15,16)17/h5-8,10H,4,9H2,1-3H3,(H2,18,19,20). The quantitative estimate of drug-likeness (QED) is 0.649. The molecule has 0 heterocycles. The van der Waals surface area contributed by atoms with Crippen LogP contribution in [0.4, 0.5) is 13.2 Å². The third-order valence-electron chi connectivity index (χ3n) is 2.86. The van der Waals surface area contributed by atoms with Gasteiger partial charge in [0.05, 0.1) is 0 Å². The van der Waals surface area contributed by atoms with E-state index < -0.39 is 6.36 Å². The van der Waals surface area contributed by atoms with Crippen LogP contribution >= 0.6 is 0 Å². The van der Waals surface area contributed by atoms with Gasteiger partial charge in [0.2, 0.25) is 0 Å². The summed E-state index contributed by atoms with van der Waals surface area (Å²) in [5.74, 6) is 0.322. The highest BCUT2D eigenvalue weighted by Crippen LogP contribution is 2.25. The van der Waals surface area contributed by atoms with Gasteiger partial charge in [-0.3, -0.25) is 4.99 Å². The van der Waals surface area contributed by atoms with E-state index in [0.29, 0.717) is 11.5 Å². The number of guanidine groups is 1. The lowest BCUT2D eigenvalue weighted by Gasteiger charge is -2.18. The van der Waals surface area contributed by atoms with Gasteiger partial charge in [0.1, 0.15) is 5.75 Å². The zero-order chi connectivity index (χ0) is 15.9. The van der Waals surface area contributed by atoms with Crippen molar-refractivity contribution in [1.29, 1.82) is 0 Å². The predicted octanol–water partition coefficient (Wildman–Crippen LogP) is 3.05. The number of hydrogen-bond acceptors (Lipinski definition) is 2. The molecular weight excluding hydrogens is 283 g/mol. The minimum Gasteiger partial charge on any atom is -0.405 e. The second-order valence-electron chi connectivity index (χ2n) is 4.53. The smallest absolute Gasteiger partial charge is 0.405 e. The number of para-hydroxylation sites is 1. The van der Waals surface area contributed by atoms with E-state index in [1.54, 1.807) is 19.2 Å². The summed E-state index contributed by atoms with van der Waals surface area (Å²) < 4.78 is 41.0. The minimum absolute atomic E-state index is 0.183. The Balaban J connectivity index is 2.70. The number of hydrogen-bond donors (Lipinski definition) is 2. The molecule has 21 heavy (non-hydrogen) atoms. The van der Waals surface area contributed by atoms with Crippen LogP contribution in [-0.4, -0.2) is 25.4 Å². The molecule has 4 nitrogen and oxygen atoms in total. The van der Waals surface area contributed by atoms with Crippen molar-refractivity contribution in [2.24, 2.45) is 4.99 Å². The Morgan fingerprint density at radius 3 is 2.57 bits per heavy atom. The lowest BCUT2D eigenvalue weighted by Crippen LogP contribution is -2.41. The third kappa shape index (κ3) is 6.37. The number of aliphatic imine (C=N–C) groups is 1. The van der Waals surface area contributed by atoms with Crippen molar-refractivity contribution in [3.8, 4) is 5.75 Å². The van der Waals surface area contributed by atoms with Gasteiger partial charge in [0.25, 0.3) is 0 Å². The second-order valence-corrected chi connectivity index (χ2v) is 4.53. The number of nitrogens with one attached hydrogen (secondary N) is 2. The normalized spacial score (nSPS) is 13.7. The molecule has 118 valence electrons. The molecule has 7 heteroatoms. The van der Waals surface area contributed by atoms with Gasteiger partial charge >= 0.3 is 6.36 Å². The summed E-state index contributed by atoms with van der Waals surface area (Å²) in [4.78, 5) is 4.03. The summed E-state index contributed by atoms with van der Waals surface area (Å²) in [5.41, 5.74) is 0.405. The fourth-order valence-electron chi connectivity index (χ4n) is 1.58. The summed E-state index contributed by atoms with van der Waals surface area (Å²) in [5, 5.41) is 6.10. The monoisotopic (exact) mass is 303 g/mol. The van der Waals surface area contributed by atoms with E-state index in [0.717, 1.165) is 6.42 Å². The summed E-state index contributed by atoms with van der Waals surface area (Å²) in [6.07, 6.45) is -3.79. The number of alkyl halides is 3. The Bertz CT molecular complexity index is 475. The minimum atomic E-state index is -4.70. The average Bonchev–Trinajstić information content (AvgIpc) is 2.42. The maximum atomic E-state index is 12.3. The number of rotatable bonds is 5. The highest BCUT2D eigenvalue weighted by atomic mass is 19.4. The van der Waals surface area contributed by atoms with Crippen molar-refractivity contribution in [3.05, 3.63) is 29.8 Å². The molecule has 0 radical (unpaired) electrons. The molecule has 1 unspecified atom stereocenters. The lowest BCUT2D eigenvalue weighted by atomic mass is 10.2. The first-order valence-corrected chi connectivity index (χ1v) is 6.66. The molecule has 2 N–H and O–H groups in total. The number of benzene rings is 1. The Kier molecular flexibility index (Phi) is 6.33. The Labute approximate surface area is 122 Å². The van der Waals surface area contributed by atoms with E-state index in [1.165, 1.54) is 12.1 Å². The number of nitrogens with zero attached hydrogens (tertiary/aromatic N) is 1. The summed E-state index contributed by atoms with van der Waals surface area (Å²) in [7, 11) is 1.61. The Morgan fingerprint density at radius 1 is 1.33 bits per heavy atom. The first kappa shape index (κ1) is 17.1. The van der Waals surface area contributed by atoms with Gasteiger partial charge in [-0.25, -0.2) is 0 Å². The highest BCUT2D eigenvalue weighted by molar-refractivity contribution is 5.79. The van der Waals surface area contributed by atoms with Gasteiger partial charge in [0.15, 0.2) is 5.96 Å². The van der Waals surface area contributed by atoms with Crippen LogP contribution in [-0.2, 0) is 6.54 Å². The van der Waals surface area contributed by atoms with Gasteiger partial charge < -0.3 is 15.4 Å². The van der Waals surface area contributed by atoms with Crippen LogP contribution in [0.25, 0.3) is 0 Å². The summed E-state index contributed by atoms with van der Waals surface area (Å²) in [6.45, 7) is 4.20. The molecular formula is C14H20F3N3O. The van der Waals surface area contributed by atoms with Crippen molar-refractivity contribution >= 4 is 5.96 Å². The average molecular weight is 303 g/mol. The third-order valence-corrected chi connectivity index (χ3v) is 2.86. The molecule has 1 aromatic carbocycles. The van der Waals surface area contributed by atoms with E-state index in [4.69, 9.17) is 0 Å². The summed E-state index contributed by atoms with van der Waals surface area (Å²) in [6, 6.07) is 6.24. The molecule has 0 aliphatic carbocycles. The molecule has 0 aliphatic rings. The molecule has 0 saturated carbocycles. The summed E-state index contributed by atoms with van der Waals surface area (Å²) >= 11 is 0. The van der Waals surface area contributed by atoms with Crippen molar-refractivity contribution < 1.29 is 17.9 Å². The van der Waals surface area contributed by atoms with E-state index in [9.17, 15) is 13.2 Å². The maximum absolute atomic E-state index is 12.3. The van der Waals surface area contributed by atoms with Gasteiger partial charge in [-0.1, -0.05) is 25.1 Å². The van der Waals surface area contributed by atoms with Gasteiger partial charge in [-0.15, -0.1) is 13.2 Å². The van der Waals surface area contributed by atoms with Gasteiger partial charge in [0, 0.05) is 25.2 Å². The molecule has 0 spiro atoms. The van der Waals surface area contributed by atoms with Crippen LogP contribution in [0, 0.1) is 0 Å². The topological polar surface area (TPSA) is 45.7 Å². The molecule has 0 bridgehead atoms. The highest BCUT2D eigenvalue weighted by Gasteiger charge is 2.31. The Hall–Kier alpha value is -1.92. The van der Waals surface area contributed by atoms with Crippen molar-refractivity contribution in [1.82, 2.24) is 10.6 Å². The SMILES string of the molecule is CCC(C)NC(=NC)NCc1ccccc1OC(F)(F)F. The van der Waals surface area contributed by atoms with E-state index in [-0.39, 0.29) is 18.3 Å². The van der Waals surface area contributed by atoms with Crippen molar-refractivity contribution in [3.63, 3.8) is 0 Å².